The molecule has 17 heavy (non-hydrogen) atoms. The van der Waals surface area contributed by atoms with Gasteiger partial charge >= 0.3 is 0 Å². The maximum absolute atomic E-state index is 4.72. The van der Waals surface area contributed by atoms with E-state index in [0.717, 1.165) is 17.8 Å². The van der Waals surface area contributed by atoms with E-state index < -0.39 is 0 Å². The number of fused-ring (bicyclic) bond motifs is 1. The maximum Gasteiger partial charge on any atom is 0.0662 e. The number of piperidine rings is 1. The van der Waals surface area contributed by atoms with E-state index in [1.807, 2.05) is 0 Å². The summed E-state index contributed by atoms with van der Waals surface area (Å²) in [5.74, 6) is 2.52. The molecule has 2 fully saturated rings. The van der Waals surface area contributed by atoms with E-state index in [1.165, 1.54) is 18.8 Å². The van der Waals surface area contributed by atoms with Crippen LogP contribution in [0.25, 0.3) is 0 Å². The van der Waals surface area contributed by atoms with Crippen LogP contribution in [0, 0.1) is 11.8 Å². The molecule has 1 aliphatic carbocycles. The highest BCUT2D eigenvalue weighted by molar-refractivity contribution is 5.24. The number of rotatable bonds is 3. The third kappa shape index (κ3) is 1.81. The van der Waals surface area contributed by atoms with Crippen LogP contribution >= 0.6 is 0 Å². The van der Waals surface area contributed by atoms with Gasteiger partial charge in [0.1, 0.15) is 0 Å². The fourth-order valence-corrected chi connectivity index (χ4v) is 3.24. The van der Waals surface area contributed by atoms with Gasteiger partial charge in [0.05, 0.1) is 5.69 Å². The number of aromatic nitrogens is 2. The fourth-order valence-electron chi connectivity index (χ4n) is 3.24. The quantitative estimate of drug-likeness (QED) is 0.800. The molecule has 1 saturated carbocycles. The Labute approximate surface area is 104 Å². The second-order valence-corrected chi connectivity index (χ2v) is 6.22. The average Bonchev–Trinajstić information content (AvgIpc) is 2.75. The molecule has 1 aromatic rings. The number of nitrogens with zero attached hydrogens (tertiary/aromatic N) is 3. The number of likely N-dealkylation sites (tertiary alicyclic amines) is 1. The Balaban J connectivity index is 1.66. The van der Waals surface area contributed by atoms with Crippen molar-refractivity contribution in [1.82, 2.24) is 14.7 Å². The lowest BCUT2D eigenvalue weighted by molar-refractivity contribution is 0.242. The molecule has 1 saturated heterocycles. The summed E-state index contributed by atoms with van der Waals surface area (Å²) in [5, 5.41) is 4.72. The zero-order chi connectivity index (χ0) is 12.2. The van der Waals surface area contributed by atoms with Crippen LogP contribution in [-0.2, 0) is 0 Å². The largest absolute Gasteiger partial charge is 0.300 e. The van der Waals surface area contributed by atoms with Crippen molar-refractivity contribution in [2.45, 2.75) is 45.7 Å². The van der Waals surface area contributed by atoms with E-state index in [0.29, 0.717) is 12.1 Å². The Morgan fingerprint density at radius 3 is 2.24 bits per heavy atom. The fraction of sp³-hybridized carbons (Fsp3) is 0.786. The zero-order valence-corrected chi connectivity index (χ0v) is 11.3. The van der Waals surface area contributed by atoms with Gasteiger partial charge in [0.2, 0.25) is 0 Å². The SMILES string of the molecule is CC(C)N1CC2C(C1)C2c1ccn(C(C)C)n1. The Bertz CT molecular complexity index is 395. The van der Waals surface area contributed by atoms with Crippen LogP contribution < -0.4 is 0 Å². The van der Waals surface area contributed by atoms with E-state index in [9.17, 15) is 0 Å². The third-order valence-corrected chi connectivity index (χ3v) is 4.45. The first kappa shape index (κ1) is 11.3. The monoisotopic (exact) mass is 233 g/mol. The molecule has 0 N–H and O–H groups in total. The van der Waals surface area contributed by atoms with Gasteiger partial charge in [-0.25, -0.2) is 0 Å². The average molecular weight is 233 g/mol. The topological polar surface area (TPSA) is 21.1 Å². The van der Waals surface area contributed by atoms with Crippen molar-refractivity contribution < 1.29 is 0 Å². The van der Waals surface area contributed by atoms with E-state index in [2.05, 4.69) is 49.5 Å². The molecule has 2 heterocycles. The predicted octanol–water partition coefficient (Wildman–Crippen LogP) is 2.52. The lowest BCUT2D eigenvalue weighted by atomic mass is 10.2. The van der Waals surface area contributed by atoms with Gasteiger partial charge in [-0.3, -0.25) is 4.68 Å². The minimum atomic E-state index is 0.481. The molecular weight excluding hydrogens is 210 g/mol. The molecule has 1 aliphatic heterocycles. The van der Waals surface area contributed by atoms with Gasteiger partial charge in [-0.15, -0.1) is 0 Å². The van der Waals surface area contributed by atoms with E-state index in [4.69, 9.17) is 5.10 Å². The summed E-state index contributed by atoms with van der Waals surface area (Å²) in [5.41, 5.74) is 1.33. The van der Waals surface area contributed by atoms with Gasteiger partial charge in [-0.2, -0.15) is 5.10 Å². The highest BCUT2D eigenvalue weighted by atomic mass is 15.3. The maximum atomic E-state index is 4.72. The molecule has 1 aromatic heterocycles. The summed E-state index contributed by atoms with van der Waals surface area (Å²) in [6.45, 7) is 11.5. The van der Waals surface area contributed by atoms with Crippen LogP contribution in [0.3, 0.4) is 0 Å². The molecular formula is C14H23N3. The van der Waals surface area contributed by atoms with Gasteiger partial charge in [0.25, 0.3) is 0 Å². The molecule has 3 heteroatoms. The van der Waals surface area contributed by atoms with Gasteiger partial charge < -0.3 is 4.90 Å². The van der Waals surface area contributed by atoms with Crippen molar-refractivity contribution in [3.05, 3.63) is 18.0 Å². The Morgan fingerprint density at radius 2 is 1.76 bits per heavy atom. The molecule has 3 rings (SSSR count). The van der Waals surface area contributed by atoms with Gasteiger partial charge in [0.15, 0.2) is 0 Å². The second kappa shape index (κ2) is 3.84. The van der Waals surface area contributed by atoms with Crippen molar-refractivity contribution in [2.75, 3.05) is 13.1 Å². The van der Waals surface area contributed by atoms with Crippen molar-refractivity contribution in [3.63, 3.8) is 0 Å². The van der Waals surface area contributed by atoms with E-state index in [1.54, 1.807) is 0 Å². The molecule has 2 atom stereocenters. The summed E-state index contributed by atoms with van der Waals surface area (Å²) < 4.78 is 2.09. The van der Waals surface area contributed by atoms with Crippen LogP contribution in [0.4, 0.5) is 0 Å². The zero-order valence-electron chi connectivity index (χ0n) is 11.3. The first-order valence-electron chi connectivity index (χ1n) is 6.87. The van der Waals surface area contributed by atoms with Crippen LogP contribution in [0.15, 0.2) is 12.3 Å². The lowest BCUT2D eigenvalue weighted by Crippen LogP contribution is -2.31. The Morgan fingerprint density at radius 1 is 1.12 bits per heavy atom. The number of hydrogen-bond acceptors (Lipinski definition) is 2. The number of hydrogen-bond donors (Lipinski definition) is 0. The minimum absolute atomic E-state index is 0.481. The van der Waals surface area contributed by atoms with Crippen LogP contribution in [0.2, 0.25) is 0 Å². The smallest absolute Gasteiger partial charge is 0.0662 e. The summed E-state index contributed by atoms with van der Waals surface area (Å²) in [4.78, 5) is 2.60. The van der Waals surface area contributed by atoms with Gasteiger partial charge in [-0.1, -0.05) is 0 Å². The molecule has 0 bridgehead atoms. The molecule has 3 nitrogen and oxygen atoms in total. The molecule has 0 radical (unpaired) electrons. The van der Waals surface area contributed by atoms with Crippen LogP contribution in [-0.4, -0.2) is 33.8 Å². The van der Waals surface area contributed by atoms with E-state index in [-0.39, 0.29) is 0 Å². The van der Waals surface area contributed by atoms with Gasteiger partial charge in [-0.05, 0) is 45.6 Å². The summed E-state index contributed by atoms with van der Waals surface area (Å²) >= 11 is 0. The summed E-state index contributed by atoms with van der Waals surface area (Å²) in [6.07, 6.45) is 2.13. The highest BCUT2D eigenvalue weighted by Gasteiger charge is 2.57. The first-order chi connectivity index (χ1) is 8.08. The molecule has 0 amide bonds. The Hall–Kier alpha value is -0.830. The molecule has 2 aliphatic rings. The van der Waals surface area contributed by atoms with Crippen LogP contribution in [0.1, 0.15) is 45.3 Å². The van der Waals surface area contributed by atoms with Crippen LogP contribution in [0.5, 0.6) is 0 Å². The van der Waals surface area contributed by atoms with Crippen molar-refractivity contribution in [3.8, 4) is 0 Å². The third-order valence-electron chi connectivity index (χ3n) is 4.45. The highest BCUT2D eigenvalue weighted by Crippen LogP contribution is 2.57. The second-order valence-electron chi connectivity index (χ2n) is 6.22. The normalized spacial score (nSPS) is 32.5. The Kier molecular flexibility index (Phi) is 2.54. The molecule has 2 unspecified atom stereocenters. The summed E-state index contributed by atoms with van der Waals surface area (Å²) in [6, 6.07) is 3.41. The molecule has 94 valence electrons. The molecule has 0 spiro atoms. The van der Waals surface area contributed by atoms with Gasteiger partial charge in [0, 0.05) is 37.3 Å². The van der Waals surface area contributed by atoms with E-state index >= 15 is 0 Å². The minimum Gasteiger partial charge on any atom is -0.300 e. The van der Waals surface area contributed by atoms with Crippen molar-refractivity contribution >= 4 is 0 Å². The lowest BCUT2D eigenvalue weighted by Gasteiger charge is -2.23. The predicted molar refractivity (Wildman–Crippen MR) is 69.0 cm³/mol. The standard InChI is InChI=1S/C14H23N3/c1-9(2)16-7-11-12(8-16)14(11)13-5-6-17(15-13)10(3)4/h5-6,9-12,14H,7-8H2,1-4H3. The van der Waals surface area contributed by atoms with Crippen molar-refractivity contribution in [1.29, 1.82) is 0 Å². The summed E-state index contributed by atoms with van der Waals surface area (Å²) in [7, 11) is 0. The van der Waals surface area contributed by atoms with Crippen molar-refractivity contribution in [2.24, 2.45) is 11.8 Å². The first-order valence-corrected chi connectivity index (χ1v) is 6.87. The molecule has 0 aromatic carbocycles.